The molecule has 0 bridgehead atoms. The molecular formula is C18H23NO. The fourth-order valence-corrected chi connectivity index (χ4v) is 2.29. The van der Waals surface area contributed by atoms with Crippen LogP contribution in [0.3, 0.4) is 0 Å². The van der Waals surface area contributed by atoms with Crippen molar-refractivity contribution in [1.82, 2.24) is 0 Å². The molecule has 106 valence electrons. The number of hydrogen-bond donors (Lipinski definition) is 1. The Morgan fingerprint density at radius 3 is 2.50 bits per heavy atom. The Kier molecular flexibility index (Phi) is 5.05. The summed E-state index contributed by atoms with van der Waals surface area (Å²) in [6.45, 7) is 4.33. The monoisotopic (exact) mass is 269 g/mol. The molecule has 1 atom stereocenters. The molecule has 0 aromatic heterocycles. The van der Waals surface area contributed by atoms with Crippen LogP contribution < -0.4 is 10.1 Å². The van der Waals surface area contributed by atoms with Gasteiger partial charge in [0.15, 0.2) is 0 Å². The smallest absolute Gasteiger partial charge is 0.119 e. The predicted octanol–water partition coefficient (Wildman–Crippen LogP) is 4.44. The minimum absolute atomic E-state index is 0.447. The van der Waals surface area contributed by atoms with Crippen LogP contribution in [0.4, 0.5) is 5.69 Å². The summed E-state index contributed by atoms with van der Waals surface area (Å²) in [5.74, 6) is 0.907. The Labute approximate surface area is 121 Å². The van der Waals surface area contributed by atoms with E-state index in [1.54, 1.807) is 7.11 Å². The maximum atomic E-state index is 5.23. The lowest BCUT2D eigenvalue weighted by Crippen LogP contribution is -2.16. The molecule has 0 heterocycles. The van der Waals surface area contributed by atoms with E-state index in [9.17, 15) is 0 Å². The standard InChI is InChI=1S/C18H23NO/c1-14-13-17(20-3)11-12-18(14)19-15(2)9-10-16-7-5-4-6-8-16/h4-8,11-13,15,19H,9-10H2,1-3H3. The zero-order chi connectivity index (χ0) is 14.4. The number of hydrogen-bond acceptors (Lipinski definition) is 2. The quantitative estimate of drug-likeness (QED) is 0.837. The van der Waals surface area contributed by atoms with Crippen LogP contribution in [0.5, 0.6) is 5.75 Å². The normalized spacial score (nSPS) is 11.9. The van der Waals surface area contributed by atoms with Crippen LogP contribution in [0.1, 0.15) is 24.5 Å². The number of methoxy groups -OCH3 is 1. The molecular weight excluding hydrogens is 246 g/mol. The molecule has 2 nitrogen and oxygen atoms in total. The third kappa shape index (κ3) is 4.02. The van der Waals surface area contributed by atoms with Crippen LogP contribution in [0.25, 0.3) is 0 Å². The van der Waals surface area contributed by atoms with Gasteiger partial charge in [0.25, 0.3) is 0 Å². The molecule has 1 unspecified atom stereocenters. The van der Waals surface area contributed by atoms with E-state index in [0.29, 0.717) is 6.04 Å². The first-order valence-electron chi connectivity index (χ1n) is 7.14. The van der Waals surface area contributed by atoms with Crippen LogP contribution >= 0.6 is 0 Å². The number of rotatable bonds is 6. The Morgan fingerprint density at radius 2 is 1.85 bits per heavy atom. The lowest BCUT2D eigenvalue weighted by atomic mass is 10.1. The maximum Gasteiger partial charge on any atom is 0.119 e. The predicted molar refractivity (Wildman–Crippen MR) is 85.6 cm³/mol. The van der Waals surface area contributed by atoms with Gasteiger partial charge < -0.3 is 10.1 Å². The molecule has 0 radical (unpaired) electrons. The van der Waals surface area contributed by atoms with Crippen molar-refractivity contribution >= 4 is 5.69 Å². The van der Waals surface area contributed by atoms with E-state index >= 15 is 0 Å². The molecule has 0 saturated carbocycles. The largest absolute Gasteiger partial charge is 0.497 e. The minimum Gasteiger partial charge on any atom is -0.497 e. The van der Waals surface area contributed by atoms with E-state index in [2.05, 4.69) is 61.6 Å². The van der Waals surface area contributed by atoms with Crippen molar-refractivity contribution in [3.05, 3.63) is 59.7 Å². The lowest BCUT2D eigenvalue weighted by molar-refractivity contribution is 0.414. The summed E-state index contributed by atoms with van der Waals surface area (Å²) >= 11 is 0. The minimum atomic E-state index is 0.447. The summed E-state index contributed by atoms with van der Waals surface area (Å²) in [6.07, 6.45) is 2.22. The first-order valence-corrected chi connectivity index (χ1v) is 7.14. The van der Waals surface area contributed by atoms with Crippen molar-refractivity contribution in [3.63, 3.8) is 0 Å². The zero-order valence-corrected chi connectivity index (χ0v) is 12.5. The number of nitrogens with one attached hydrogen (secondary N) is 1. The number of ether oxygens (including phenoxy) is 1. The van der Waals surface area contributed by atoms with E-state index in [1.807, 2.05) is 6.07 Å². The molecule has 2 aromatic carbocycles. The van der Waals surface area contributed by atoms with E-state index < -0.39 is 0 Å². The van der Waals surface area contributed by atoms with Gasteiger partial charge in [0.1, 0.15) is 5.75 Å². The molecule has 0 spiro atoms. The van der Waals surface area contributed by atoms with Gasteiger partial charge in [-0.3, -0.25) is 0 Å². The first kappa shape index (κ1) is 14.4. The third-order valence-electron chi connectivity index (χ3n) is 3.54. The molecule has 2 heteroatoms. The molecule has 0 fully saturated rings. The zero-order valence-electron chi connectivity index (χ0n) is 12.5. The van der Waals surface area contributed by atoms with Crippen molar-refractivity contribution in [2.24, 2.45) is 0 Å². The average Bonchev–Trinajstić information content (AvgIpc) is 2.48. The topological polar surface area (TPSA) is 21.3 Å². The second kappa shape index (κ2) is 6.99. The van der Waals surface area contributed by atoms with Crippen molar-refractivity contribution in [2.75, 3.05) is 12.4 Å². The number of aryl methyl sites for hydroxylation is 2. The van der Waals surface area contributed by atoms with Gasteiger partial charge in [-0.2, -0.15) is 0 Å². The van der Waals surface area contributed by atoms with Crippen LogP contribution in [-0.4, -0.2) is 13.2 Å². The van der Waals surface area contributed by atoms with Gasteiger partial charge in [-0.1, -0.05) is 30.3 Å². The Bertz CT molecular complexity index is 536. The highest BCUT2D eigenvalue weighted by Gasteiger charge is 2.05. The Hall–Kier alpha value is -1.96. The van der Waals surface area contributed by atoms with Gasteiger partial charge >= 0.3 is 0 Å². The van der Waals surface area contributed by atoms with E-state index in [0.717, 1.165) is 18.6 Å². The van der Waals surface area contributed by atoms with Gasteiger partial charge in [0.2, 0.25) is 0 Å². The highest BCUT2D eigenvalue weighted by molar-refractivity contribution is 5.54. The van der Waals surface area contributed by atoms with E-state index in [1.165, 1.54) is 16.8 Å². The number of anilines is 1. The molecule has 20 heavy (non-hydrogen) atoms. The third-order valence-corrected chi connectivity index (χ3v) is 3.54. The fraction of sp³-hybridized carbons (Fsp3) is 0.333. The van der Waals surface area contributed by atoms with Gasteiger partial charge in [0, 0.05) is 11.7 Å². The first-order chi connectivity index (χ1) is 9.69. The highest BCUT2D eigenvalue weighted by Crippen LogP contribution is 2.22. The molecule has 1 N–H and O–H groups in total. The number of benzene rings is 2. The molecule has 0 aliphatic carbocycles. The van der Waals surface area contributed by atoms with Crippen molar-refractivity contribution in [1.29, 1.82) is 0 Å². The molecule has 2 rings (SSSR count). The van der Waals surface area contributed by atoms with Crippen LogP contribution in [0.15, 0.2) is 48.5 Å². The Balaban J connectivity index is 1.89. The molecule has 0 aliphatic rings. The average molecular weight is 269 g/mol. The van der Waals surface area contributed by atoms with E-state index in [4.69, 9.17) is 4.74 Å². The van der Waals surface area contributed by atoms with Crippen molar-refractivity contribution in [3.8, 4) is 5.75 Å². The summed E-state index contributed by atoms with van der Waals surface area (Å²) in [4.78, 5) is 0. The van der Waals surface area contributed by atoms with Gasteiger partial charge in [0.05, 0.1) is 7.11 Å². The van der Waals surface area contributed by atoms with Crippen molar-refractivity contribution < 1.29 is 4.74 Å². The van der Waals surface area contributed by atoms with Gasteiger partial charge in [-0.15, -0.1) is 0 Å². The van der Waals surface area contributed by atoms with Gasteiger partial charge in [-0.25, -0.2) is 0 Å². The summed E-state index contributed by atoms with van der Waals surface area (Å²) in [5, 5.41) is 3.58. The second-order valence-corrected chi connectivity index (χ2v) is 5.25. The van der Waals surface area contributed by atoms with Crippen LogP contribution in [0, 0.1) is 6.92 Å². The SMILES string of the molecule is COc1ccc(NC(C)CCc2ccccc2)c(C)c1. The second-order valence-electron chi connectivity index (χ2n) is 5.25. The fourth-order valence-electron chi connectivity index (χ4n) is 2.29. The summed E-state index contributed by atoms with van der Waals surface area (Å²) in [7, 11) is 1.70. The van der Waals surface area contributed by atoms with E-state index in [-0.39, 0.29) is 0 Å². The van der Waals surface area contributed by atoms with Crippen LogP contribution in [0.2, 0.25) is 0 Å². The molecule has 0 amide bonds. The molecule has 0 aliphatic heterocycles. The molecule has 2 aromatic rings. The summed E-state index contributed by atoms with van der Waals surface area (Å²) in [5.41, 5.74) is 3.80. The Morgan fingerprint density at radius 1 is 1.10 bits per heavy atom. The van der Waals surface area contributed by atoms with Gasteiger partial charge in [-0.05, 0) is 56.0 Å². The summed E-state index contributed by atoms with van der Waals surface area (Å²) in [6, 6.07) is 17.2. The lowest BCUT2D eigenvalue weighted by Gasteiger charge is -2.17. The van der Waals surface area contributed by atoms with Crippen LogP contribution in [-0.2, 0) is 6.42 Å². The van der Waals surface area contributed by atoms with Crippen molar-refractivity contribution in [2.45, 2.75) is 32.7 Å². The summed E-state index contributed by atoms with van der Waals surface area (Å²) < 4.78 is 5.23. The maximum absolute atomic E-state index is 5.23. The molecule has 0 saturated heterocycles. The highest BCUT2D eigenvalue weighted by atomic mass is 16.5.